The van der Waals surface area contributed by atoms with E-state index in [2.05, 4.69) is 12.1 Å². The zero-order chi connectivity index (χ0) is 14.4. The van der Waals surface area contributed by atoms with E-state index < -0.39 is 0 Å². The van der Waals surface area contributed by atoms with Crippen molar-refractivity contribution in [3.05, 3.63) is 53.6 Å². The third-order valence-electron chi connectivity index (χ3n) is 2.59. The molecule has 4 heteroatoms. The van der Waals surface area contributed by atoms with Gasteiger partial charge >= 0.3 is 0 Å². The van der Waals surface area contributed by atoms with E-state index in [9.17, 15) is 0 Å². The average molecular weight is 280 g/mol. The molecule has 0 saturated heterocycles. The molecule has 2 aromatic carbocycles. The van der Waals surface area contributed by atoms with Crippen LogP contribution < -0.4 is 4.74 Å². The summed E-state index contributed by atoms with van der Waals surface area (Å²) in [7, 11) is 0. The SMILES string of the molecule is CCOc1ccc(Sc2cc(C#N)ccc2C#N)cc1. The Hall–Kier alpha value is -2.43. The number of hydrogen-bond acceptors (Lipinski definition) is 4. The quantitative estimate of drug-likeness (QED) is 0.850. The van der Waals surface area contributed by atoms with Gasteiger partial charge in [0.1, 0.15) is 11.8 Å². The van der Waals surface area contributed by atoms with Gasteiger partial charge in [-0.05, 0) is 49.4 Å². The molecular weight excluding hydrogens is 268 g/mol. The van der Waals surface area contributed by atoms with Gasteiger partial charge in [0, 0.05) is 9.79 Å². The summed E-state index contributed by atoms with van der Waals surface area (Å²) in [4.78, 5) is 1.79. The van der Waals surface area contributed by atoms with Crippen LogP contribution in [0, 0.1) is 22.7 Å². The van der Waals surface area contributed by atoms with Gasteiger partial charge in [0.25, 0.3) is 0 Å². The number of nitrogens with zero attached hydrogens (tertiary/aromatic N) is 2. The number of nitriles is 2. The van der Waals surface area contributed by atoms with E-state index in [-0.39, 0.29) is 0 Å². The first-order valence-corrected chi connectivity index (χ1v) is 6.93. The molecule has 0 fully saturated rings. The van der Waals surface area contributed by atoms with Crippen molar-refractivity contribution in [2.24, 2.45) is 0 Å². The van der Waals surface area contributed by atoms with Crippen molar-refractivity contribution < 1.29 is 4.74 Å². The van der Waals surface area contributed by atoms with Crippen LogP contribution in [0.4, 0.5) is 0 Å². The van der Waals surface area contributed by atoms with Crippen molar-refractivity contribution in [3.8, 4) is 17.9 Å². The van der Waals surface area contributed by atoms with Gasteiger partial charge < -0.3 is 4.74 Å². The van der Waals surface area contributed by atoms with Crippen LogP contribution in [-0.4, -0.2) is 6.61 Å². The molecular formula is C16H12N2OS. The Balaban J connectivity index is 2.25. The highest BCUT2D eigenvalue weighted by Gasteiger charge is 2.06. The molecule has 0 aromatic heterocycles. The van der Waals surface area contributed by atoms with E-state index in [1.54, 1.807) is 18.2 Å². The molecule has 98 valence electrons. The highest BCUT2D eigenvalue weighted by Crippen LogP contribution is 2.32. The van der Waals surface area contributed by atoms with Gasteiger partial charge in [-0.25, -0.2) is 0 Å². The topological polar surface area (TPSA) is 56.8 Å². The van der Waals surface area contributed by atoms with Crippen LogP contribution in [0.2, 0.25) is 0 Å². The zero-order valence-electron chi connectivity index (χ0n) is 11.0. The van der Waals surface area contributed by atoms with Crippen molar-refractivity contribution in [1.82, 2.24) is 0 Å². The lowest BCUT2D eigenvalue weighted by Crippen LogP contribution is -1.90. The molecule has 0 saturated carbocycles. The second kappa shape index (κ2) is 6.65. The van der Waals surface area contributed by atoms with Gasteiger partial charge in [-0.2, -0.15) is 10.5 Å². The van der Waals surface area contributed by atoms with Crippen LogP contribution in [-0.2, 0) is 0 Å². The number of ether oxygens (including phenoxy) is 1. The summed E-state index contributed by atoms with van der Waals surface area (Å²) in [6.07, 6.45) is 0. The highest BCUT2D eigenvalue weighted by molar-refractivity contribution is 7.99. The molecule has 0 unspecified atom stereocenters. The second-order valence-corrected chi connectivity index (χ2v) is 5.06. The lowest BCUT2D eigenvalue weighted by atomic mass is 10.2. The number of benzene rings is 2. The monoisotopic (exact) mass is 280 g/mol. The molecule has 20 heavy (non-hydrogen) atoms. The van der Waals surface area contributed by atoms with Gasteiger partial charge in [0.2, 0.25) is 0 Å². The molecule has 2 rings (SSSR count). The third kappa shape index (κ3) is 3.32. The molecule has 0 N–H and O–H groups in total. The lowest BCUT2D eigenvalue weighted by molar-refractivity contribution is 0.340. The standard InChI is InChI=1S/C16H12N2OS/c1-2-19-14-5-7-15(8-6-14)20-16-9-12(10-17)3-4-13(16)11-18/h3-9H,2H2,1H3. The van der Waals surface area contributed by atoms with Gasteiger partial charge in [-0.3, -0.25) is 0 Å². The van der Waals surface area contributed by atoms with Crippen molar-refractivity contribution in [1.29, 1.82) is 10.5 Å². The van der Waals surface area contributed by atoms with Gasteiger partial charge in [0.05, 0.1) is 23.8 Å². The molecule has 0 bridgehead atoms. The predicted octanol–water partition coefficient (Wildman–Crippen LogP) is 3.98. The third-order valence-corrected chi connectivity index (χ3v) is 3.66. The van der Waals surface area contributed by atoms with Gasteiger partial charge in [-0.15, -0.1) is 0 Å². The maximum absolute atomic E-state index is 9.11. The first-order valence-electron chi connectivity index (χ1n) is 6.11. The van der Waals surface area contributed by atoms with Crippen LogP contribution in [0.1, 0.15) is 18.1 Å². The van der Waals surface area contributed by atoms with Crippen molar-refractivity contribution in [3.63, 3.8) is 0 Å². The largest absolute Gasteiger partial charge is 0.494 e. The Bertz CT molecular complexity index is 681. The van der Waals surface area contributed by atoms with E-state index in [0.717, 1.165) is 15.5 Å². The normalized spacial score (nSPS) is 9.55. The van der Waals surface area contributed by atoms with Gasteiger partial charge in [0.15, 0.2) is 0 Å². The number of rotatable bonds is 4. The van der Waals surface area contributed by atoms with Crippen LogP contribution in [0.25, 0.3) is 0 Å². The minimum Gasteiger partial charge on any atom is -0.494 e. The molecule has 0 heterocycles. The summed E-state index contributed by atoms with van der Waals surface area (Å²) in [5.41, 5.74) is 1.13. The summed E-state index contributed by atoms with van der Waals surface area (Å²) in [5.74, 6) is 0.822. The first-order chi connectivity index (χ1) is 9.76. The fraction of sp³-hybridized carbons (Fsp3) is 0.125. The number of hydrogen-bond donors (Lipinski definition) is 0. The summed E-state index contributed by atoms with van der Waals surface area (Å²) >= 11 is 1.47. The maximum atomic E-state index is 9.11. The van der Waals surface area contributed by atoms with E-state index in [1.807, 2.05) is 31.2 Å². The minimum atomic E-state index is 0.553. The van der Waals surface area contributed by atoms with E-state index in [0.29, 0.717) is 17.7 Å². The first kappa shape index (κ1) is 14.0. The molecule has 0 aliphatic carbocycles. The molecule has 0 aliphatic heterocycles. The molecule has 3 nitrogen and oxygen atoms in total. The zero-order valence-corrected chi connectivity index (χ0v) is 11.8. The lowest BCUT2D eigenvalue weighted by Gasteiger charge is -2.06. The summed E-state index contributed by atoms with van der Waals surface area (Å²) in [5, 5.41) is 18.0. The summed E-state index contributed by atoms with van der Waals surface area (Å²) in [6, 6.07) is 17.0. The van der Waals surface area contributed by atoms with E-state index in [1.165, 1.54) is 11.8 Å². The minimum absolute atomic E-state index is 0.553. The molecule has 0 spiro atoms. The van der Waals surface area contributed by atoms with Gasteiger partial charge in [-0.1, -0.05) is 11.8 Å². The smallest absolute Gasteiger partial charge is 0.119 e. The molecule has 0 radical (unpaired) electrons. The molecule has 0 atom stereocenters. The van der Waals surface area contributed by atoms with Crippen LogP contribution in [0.15, 0.2) is 52.3 Å². The van der Waals surface area contributed by atoms with Crippen LogP contribution in [0.3, 0.4) is 0 Å². The highest BCUT2D eigenvalue weighted by atomic mass is 32.2. The van der Waals surface area contributed by atoms with Crippen molar-refractivity contribution in [2.75, 3.05) is 6.61 Å². The Morgan fingerprint density at radius 1 is 1.05 bits per heavy atom. The fourth-order valence-electron chi connectivity index (χ4n) is 1.67. The van der Waals surface area contributed by atoms with Crippen molar-refractivity contribution >= 4 is 11.8 Å². The summed E-state index contributed by atoms with van der Waals surface area (Å²) < 4.78 is 5.39. The molecule has 2 aromatic rings. The van der Waals surface area contributed by atoms with Crippen LogP contribution >= 0.6 is 11.8 Å². The molecule has 0 amide bonds. The average Bonchev–Trinajstić information content (AvgIpc) is 2.49. The predicted molar refractivity (Wildman–Crippen MR) is 77.6 cm³/mol. The maximum Gasteiger partial charge on any atom is 0.119 e. The van der Waals surface area contributed by atoms with Crippen LogP contribution in [0.5, 0.6) is 5.75 Å². The second-order valence-electron chi connectivity index (χ2n) is 3.94. The Morgan fingerprint density at radius 3 is 2.40 bits per heavy atom. The Morgan fingerprint density at radius 2 is 1.80 bits per heavy atom. The summed E-state index contributed by atoms with van der Waals surface area (Å²) in [6.45, 7) is 2.57. The van der Waals surface area contributed by atoms with E-state index >= 15 is 0 Å². The fourth-order valence-corrected chi connectivity index (χ4v) is 2.60. The Labute approximate surface area is 122 Å². The van der Waals surface area contributed by atoms with E-state index in [4.69, 9.17) is 15.3 Å². The molecule has 0 aliphatic rings. The van der Waals surface area contributed by atoms with Crippen molar-refractivity contribution in [2.45, 2.75) is 16.7 Å². The Kier molecular flexibility index (Phi) is 4.65.